The molecule has 0 aromatic heterocycles. The fraction of sp³-hybridized carbons (Fsp3) is 0.120. The molecule has 8 rings (SSSR count). The highest BCUT2D eigenvalue weighted by Gasteiger charge is 2.41. The van der Waals surface area contributed by atoms with Gasteiger partial charge in [-0.1, -0.05) is 209 Å². The van der Waals surface area contributed by atoms with Gasteiger partial charge in [0.05, 0.1) is 16.1 Å². The van der Waals surface area contributed by atoms with Crippen LogP contribution >= 0.6 is 14.3 Å². The molecule has 0 saturated carbocycles. The highest BCUT2D eigenvalue weighted by atomic mass is 31.2. The second-order valence-corrected chi connectivity index (χ2v) is 32.3. The van der Waals surface area contributed by atoms with Crippen molar-refractivity contribution >= 4 is 94.2 Å². The summed E-state index contributed by atoms with van der Waals surface area (Å²) in [6.45, 7) is 14.0. The Labute approximate surface area is 334 Å². The lowest BCUT2D eigenvalue weighted by Gasteiger charge is -2.32. The normalized spacial score (nSPS) is 14.3. The van der Waals surface area contributed by atoms with E-state index in [-0.39, 0.29) is 0 Å². The fourth-order valence-corrected chi connectivity index (χ4v) is 20.2. The van der Waals surface area contributed by atoms with Crippen LogP contribution in [-0.4, -0.2) is 16.1 Å². The van der Waals surface area contributed by atoms with Crippen LogP contribution in [0.15, 0.2) is 182 Å². The topological polar surface area (TPSA) is 34.1 Å². The molecule has 2 nitrogen and oxygen atoms in total. The average Bonchev–Trinajstić information content (AvgIpc) is 3.22. The Hall–Kier alpha value is -4.83. The van der Waals surface area contributed by atoms with E-state index < -0.39 is 30.4 Å². The summed E-state index contributed by atoms with van der Waals surface area (Å²) in [6, 6.07) is 62.3. The summed E-state index contributed by atoms with van der Waals surface area (Å²) in [5.74, 6) is 0. The van der Waals surface area contributed by atoms with Crippen LogP contribution in [-0.2, 0) is 9.13 Å². The second-order valence-electron chi connectivity index (χ2n) is 16.8. The summed E-state index contributed by atoms with van der Waals surface area (Å²) in [4.78, 5) is 0. The molecular formula is C50H48O2P2Si2. The van der Waals surface area contributed by atoms with Gasteiger partial charge in [0.1, 0.15) is 0 Å². The standard InChI is InChI=1S/C50H48O2P2Si2/c1-55(2,3)47-31-19-17-29-43(47)53(51,39-23-9-7-10-24-39)45-35-33-37-21-13-15-27-41(37)49(45)50-42-28-16-14-22-38(42)34-36-46(50)54(52,40-25-11-8-12-26-40)44-30-18-20-32-48(44)56(4,5)6/h7-36H,1-6H3. The zero-order valence-corrected chi connectivity index (χ0v) is 36.8. The molecule has 0 N–H and O–H groups in total. The van der Waals surface area contributed by atoms with Crippen LogP contribution in [0.25, 0.3) is 32.7 Å². The Balaban J connectivity index is 1.62. The summed E-state index contributed by atoms with van der Waals surface area (Å²) in [6.07, 6.45) is 0. The van der Waals surface area contributed by atoms with Gasteiger partial charge in [0.15, 0.2) is 14.3 Å². The molecule has 0 radical (unpaired) electrons. The van der Waals surface area contributed by atoms with E-state index in [0.29, 0.717) is 0 Å². The maximum atomic E-state index is 17.1. The van der Waals surface area contributed by atoms with Crippen LogP contribution in [0.5, 0.6) is 0 Å². The van der Waals surface area contributed by atoms with E-state index in [9.17, 15) is 0 Å². The Kier molecular flexibility index (Phi) is 9.92. The largest absolute Gasteiger partial charge is 0.309 e. The van der Waals surface area contributed by atoms with E-state index in [1.165, 1.54) is 10.4 Å². The molecule has 0 saturated heterocycles. The maximum Gasteiger partial charge on any atom is 0.171 e. The fourth-order valence-electron chi connectivity index (χ4n) is 8.43. The first-order valence-corrected chi connectivity index (χ1v) is 29.8. The minimum absolute atomic E-state index is 0.767. The smallest absolute Gasteiger partial charge is 0.171 e. The minimum Gasteiger partial charge on any atom is -0.309 e. The van der Waals surface area contributed by atoms with Crippen molar-refractivity contribution in [1.29, 1.82) is 0 Å². The number of benzene rings is 8. The van der Waals surface area contributed by atoms with Gasteiger partial charge in [0.2, 0.25) is 0 Å². The van der Waals surface area contributed by atoms with Gasteiger partial charge in [-0.2, -0.15) is 0 Å². The molecular weight excluding hydrogens is 751 g/mol. The van der Waals surface area contributed by atoms with E-state index in [4.69, 9.17) is 0 Å². The summed E-state index contributed by atoms with van der Waals surface area (Å²) in [5, 5.41) is 11.3. The first-order chi connectivity index (χ1) is 26.8. The lowest BCUT2D eigenvalue weighted by atomic mass is 9.93. The van der Waals surface area contributed by atoms with Crippen LogP contribution in [0.4, 0.5) is 0 Å². The molecule has 0 spiro atoms. The van der Waals surface area contributed by atoms with Gasteiger partial charge in [0, 0.05) is 43.0 Å². The highest BCUT2D eigenvalue weighted by molar-refractivity contribution is 7.87. The second kappa shape index (κ2) is 14.6. The predicted octanol–water partition coefficient (Wildman–Crippen LogP) is 10.0. The lowest BCUT2D eigenvalue weighted by molar-refractivity contribution is 0.591. The number of rotatable bonds is 9. The van der Waals surface area contributed by atoms with Crippen molar-refractivity contribution in [3.05, 3.63) is 182 Å². The predicted molar refractivity (Wildman–Crippen MR) is 252 cm³/mol. The molecule has 0 aliphatic rings. The molecule has 0 bridgehead atoms. The Morgan fingerprint density at radius 1 is 0.321 bits per heavy atom. The maximum absolute atomic E-state index is 17.1. The van der Waals surface area contributed by atoms with Crippen molar-refractivity contribution in [3.8, 4) is 11.1 Å². The lowest BCUT2D eigenvalue weighted by Crippen LogP contribution is -2.49. The van der Waals surface area contributed by atoms with E-state index in [1.807, 2.05) is 72.8 Å². The quantitative estimate of drug-likeness (QED) is 0.108. The SMILES string of the molecule is C[Si](C)(C)c1ccccc1P(=O)(c1ccccc1)c1ccc2ccccc2c1-c1c(P(=O)(c2ccccc2)c2ccccc2[Si](C)(C)C)ccc2ccccc12. The van der Waals surface area contributed by atoms with Crippen molar-refractivity contribution in [2.45, 2.75) is 39.3 Å². The van der Waals surface area contributed by atoms with Crippen LogP contribution < -0.4 is 42.2 Å². The van der Waals surface area contributed by atoms with Crippen LogP contribution in [0.1, 0.15) is 0 Å². The van der Waals surface area contributed by atoms with Gasteiger partial charge >= 0.3 is 0 Å². The zero-order chi connectivity index (χ0) is 39.3. The van der Waals surface area contributed by atoms with E-state index in [2.05, 4.69) is 148 Å². The average molecular weight is 799 g/mol. The molecule has 2 unspecified atom stereocenters. The van der Waals surface area contributed by atoms with Crippen molar-refractivity contribution in [2.24, 2.45) is 0 Å². The third-order valence-corrected chi connectivity index (χ3v) is 21.9. The molecule has 0 heterocycles. The summed E-state index contributed by atoms with van der Waals surface area (Å²) >= 11 is 0. The monoisotopic (exact) mass is 798 g/mol. The molecule has 8 aromatic carbocycles. The minimum atomic E-state index is -3.60. The number of hydrogen-bond donors (Lipinski definition) is 0. The third kappa shape index (κ3) is 6.43. The molecule has 0 aliphatic heterocycles. The van der Waals surface area contributed by atoms with Crippen molar-refractivity contribution < 1.29 is 9.13 Å². The van der Waals surface area contributed by atoms with Gasteiger partial charge < -0.3 is 9.13 Å². The zero-order valence-electron chi connectivity index (χ0n) is 33.0. The van der Waals surface area contributed by atoms with Gasteiger partial charge in [0.25, 0.3) is 0 Å². The summed E-state index contributed by atoms with van der Waals surface area (Å²) in [7, 11) is -11.2. The first kappa shape index (κ1) is 38.1. The van der Waals surface area contributed by atoms with E-state index >= 15 is 9.13 Å². The van der Waals surface area contributed by atoms with Crippen molar-refractivity contribution in [3.63, 3.8) is 0 Å². The molecule has 6 heteroatoms. The molecule has 2 atom stereocenters. The molecule has 0 aliphatic carbocycles. The Morgan fingerprint density at radius 3 is 1.02 bits per heavy atom. The van der Waals surface area contributed by atoms with Crippen LogP contribution in [0.3, 0.4) is 0 Å². The third-order valence-electron chi connectivity index (χ3n) is 11.1. The molecule has 8 aromatic rings. The Morgan fingerprint density at radius 2 is 0.643 bits per heavy atom. The summed E-state index contributed by atoms with van der Waals surface area (Å²) < 4.78 is 34.2. The van der Waals surface area contributed by atoms with E-state index in [0.717, 1.165) is 64.5 Å². The van der Waals surface area contributed by atoms with E-state index in [1.54, 1.807) is 0 Å². The number of hydrogen-bond acceptors (Lipinski definition) is 2. The Bertz CT molecular complexity index is 2640. The van der Waals surface area contributed by atoms with Gasteiger partial charge in [-0.3, -0.25) is 0 Å². The molecule has 56 heavy (non-hydrogen) atoms. The first-order valence-electron chi connectivity index (χ1n) is 19.4. The van der Waals surface area contributed by atoms with Crippen molar-refractivity contribution in [2.75, 3.05) is 0 Å². The molecule has 278 valence electrons. The number of fused-ring (bicyclic) bond motifs is 2. The summed E-state index contributed by atoms with van der Waals surface area (Å²) in [5.41, 5.74) is 1.77. The molecule has 0 fully saturated rings. The van der Waals surface area contributed by atoms with Crippen molar-refractivity contribution in [1.82, 2.24) is 0 Å². The van der Waals surface area contributed by atoms with Gasteiger partial charge in [-0.15, -0.1) is 0 Å². The molecule has 0 amide bonds. The van der Waals surface area contributed by atoms with Crippen LogP contribution in [0, 0.1) is 0 Å². The van der Waals surface area contributed by atoms with Gasteiger partial charge in [-0.05, 0) is 44.1 Å². The van der Waals surface area contributed by atoms with Gasteiger partial charge in [-0.25, -0.2) is 0 Å². The highest BCUT2D eigenvalue weighted by Crippen LogP contribution is 2.51. The van der Waals surface area contributed by atoms with Crippen LogP contribution in [0.2, 0.25) is 39.3 Å².